The van der Waals surface area contributed by atoms with Crippen LogP contribution in [0.15, 0.2) is 54.6 Å². The summed E-state index contributed by atoms with van der Waals surface area (Å²) in [6, 6.07) is 15.7. The molecular formula is C24H27N3O3S. The van der Waals surface area contributed by atoms with Crippen LogP contribution in [0, 0.1) is 0 Å². The number of carbonyl (C=O) groups is 1. The summed E-state index contributed by atoms with van der Waals surface area (Å²) in [7, 11) is 1.65. The molecule has 7 heteroatoms. The van der Waals surface area contributed by atoms with Gasteiger partial charge in [-0.15, -0.1) is 0 Å². The van der Waals surface area contributed by atoms with E-state index in [0.29, 0.717) is 11.7 Å². The molecule has 1 fully saturated rings. The van der Waals surface area contributed by atoms with E-state index >= 15 is 0 Å². The minimum Gasteiger partial charge on any atom is -0.497 e. The van der Waals surface area contributed by atoms with Crippen LogP contribution in [0.4, 0.5) is 5.13 Å². The minimum atomic E-state index is -0.0585. The van der Waals surface area contributed by atoms with E-state index in [2.05, 4.69) is 4.90 Å². The predicted octanol–water partition coefficient (Wildman–Crippen LogP) is 4.07. The monoisotopic (exact) mass is 437 g/mol. The van der Waals surface area contributed by atoms with Crippen molar-refractivity contribution in [1.82, 2.24) is 9.88 Å². The van der Waals surface area contributed by atoms with Crippen molar-refractivity contribution in [3.63, 3.8) is 0 Å². The largest absolute Gasteiger partial charge is 0.497 e. The maximum Gasteiger partial charge on any atom is 0.252 e. The summed E-state index contributed by atoms with van der Waals surface area (Å²) in [5.41, 5.74) is 1.87. The van der Waals surface area contributed by atoms with E-state index in [-0.39, 0.29) is 5.91 Å². The fourth-order valence-electron chi connectivity index (χ4n) is 3.53. The lowest BCUT2D eigenvalue weighted by Crippen LogP contribution is -2.39. The highest BCUT2D eigenvalue weighted by atomic mass is 32.1. The van der Waals surface area contributed by atoms with Crippen LogP contribution in [0.1, 0.15) is 12.0 Å². The molecule has 6 nitrogen and oxygen atoms in total. The summed E-state index contributed by atoms with van der Waals surface area (Å²) in [5.74, 6) is 0.730. The van der Waals surface area contributed by atoms with E-state index in [1.165, 1.54) is 11.3 Å². The van der Waals surface area contributed by atoms with Gasteiger partial charge in [0.2, 0.25) is 0 Å². The van der Waals surface area contributed by atoms with Crippen molar-refractivity contribution in [1.29, 1.82) is 0 Å². The maximum absolute atomic E-state index is 13.1. The molecule has 0 saturated carbocycles. The summed E-state index contributed by atoms with van der Waals surface area (Å²) in [5, 5.41) is 0.716. The minimum absolute atomic E-state index is 0.0585. The second-order valence-electron chi connectivity index (χ2n) is 7.37. The van der Waals surface area contributed by atoms with Crippen molar-refractivity contribution < 1.29 is 14.3 Å². The Balaban J connectivity index is 1.52. The van der Waals surface area contributed by atoms with Gasteiger partial charge in [0, 0.05) is 32.3 Å². The van der Waals surface area contributed by atoms with E-state index in [1.807, 2.05) is 54.6 Å². The van der Waals surface area contributed by atoms with E-state index in [4.69, 9.17) is 14.5 Å². The standard InChI is InChI=1S/C24H27N3O3S/c1-29-20-9-10-21-22(18-20)31-24(25-21)27(13-5-12-26-14-16-30-17-15-26)23(28)11-8-19-6-3-2-4-7-19/h2-4,6-11,18H,5,12-17H2,1H3/b11-8+. The number of nitrogens with zero attached hydrogens (tertiary/aromatic N) is 3. The molecule has 0 atom stereocenters. The van der Waals surface area contributed by atoms with Crippen LogP contribution >= 0.6 is 11.3 Å². The highest BCUT2D eigenvalue weighted by Crippen LogP contribution is 2.31. The Kier molecular flexibility index (Phi) is 7.30. The summed E-state index contributed by atoms with van der Waals surface area (Å²) in [6.45, 7) is 5.01. The summed E-state index contributed by atoms with van der Waals surface area (Å²) in [4.78, 5) is 22.0. The quantitative estimate of drug-likeness (QED) is 0.497. The van der Waals surface area contributed by atoms with Crippen LogP contribution in [-0.2, 0) is 9.53 Å². The Hall–Kier alpha value is -2.74. The first-order valence-corrected chi connectivity index (χ1v) is 11.3. The highest BCUT2D eigenvalue weighted by Gasteiger charge is 2.19. The number of hydrogen-bond acceptors (Lipinski definition) is 6. The molecule has 0 aliphatic carbocycles. The number of amides is 1. The molecule has 1 aliphatic heterocycles. The molecule has 0 unspecified atom stereocenters. The highest BCUT2D eigenvalue weighted by molar-refractivity contribution is 7.22. The molecule has 162 valence electrons. The number of fused-ring (bicyclic) bond motifs is 1. The average Bonchev–Trinajstić information content (AvgIpc) is 3.24. The first kappa shape index (κ1) is 21.5. The van der Waals surface area contributed by atoms with Crippen molar-refractivity contribution in [2.45, 2.75) is 6.42 Å². The third-order valence-corrected chi connectivity index (χ3v) is 6.30. The van der Waals surface area contributed by atoms with Crippen LogP contribution in [0.5, 0.6) is 5.75 Å². The van der Waals surface area contributed by atoms with Gasteiger partial charge in [-0.2, -0.15) is 0 Å². The second-order valence-corrected chi connectivity index (χ2v) is 8.38. The predicted molar refractivity (Wildman–Crippen MR) is 126 cm³/mol. The molecule has 31 heavy (non-hydrogen) atoms. The fourth-order valence-corrected chi connectivity index (χ4v) is 4.56. The number of ether oxygens (including phenoxy) is 2. The van der Waals surface area contributed by atoms with Crippen LogP contribution in [0.2, 0.25) is 0 Å². The number of rotatable bonds is 8. The number of aromatic nitrogens is 1. The number of methoxy groups -OCH3 is 1. The third-order valence-electron chi connectivity index (χ3n) is 5.26. The Labute approximate surface area is 186 Å². The molecule has 4 rings (SSSR count). The lowest BCUT2D eigenvalue weighted by Gasteiger charge is -2.27. The molecule has 0 radical (unpaired) electrons. The molecule has 2 aromatic carbocycles. The van der Waals surface area contributed by atoms with E-state index in [0.717, 1.165) is 60.8 Å². The smallest absolute Gasteiger partial charge is 0.252 e. The van der Waals surface area contributed by atoms with Gasteiger partial charge >= 0.3 is 0 Å². The Bertz CT molecular complexity index is 1030. The van der Waals surface area contributed by atoms with Gasteiger partial charge < -0.3 is 9.47 Å². The van der Waals surface area contributed by atoms with Crippen molar-refractivity contribution in [2.24, 2.45) is 0 Å². The number of benzene rings is 2. The Morgan fingerprint density at radius 3 is 2.81 bits per heavy atom. The van der Waals surface area contributed by atoms with Crippen molar-refractivity contribution in [3.05, 3.63) is 60.2 Å². The number of thiazole rings is 1. The molecule has 1 aromatic heterocycles. The van der Waals surface area contributed by atoms with Gasteiger partial charge in [0.25, 0.3) is 5.91 Å². The molecule has 1 aliphatic rings. The van der Waals surface area contributed by atoms with Gasteiger partial charge in [0.15, 0.2) is 5.13 Å². The van der Waals surface area contributed by atoms with Gasteiger partial charge in [-0.25, -0.2) is 4.98 Å². The number of morpholine rings is 1. The van der Waals surface area contributed by atoms with Gasteiger partial charge in [0.05, 0.1) is 30.5 Å². The van der Waals surface area contributed by atoms with E-state index in [1.54, 1.807) is 18.1 Å². The second kappa shape index (κ2) is 10.5. The number of anilines is 1. The first-order chi connectivity index (χ1) is 15.2. The van der Waals surface area contributed by atoms with Crippen LogP contribution < -0.4 is 9.64 Å². The van der Waals surface area contributed by atoms with E-state index < -0.39 is 0 Å². The molecule has 0 spiro atoms. The van der Waals surface area contributed by atoms with Crippen molar-refractivity contribution in [2.75, 3.05) is 51.4 Å². The maximum atomic E-state index is 13.1. The zero-order chi connectivity index (χ0) is 21.5. The molecule has 0 bridgehead atoms. The normalized spacial score (nSPS) is 14.9. The molecule has 1 amide bonds. The summed E-state index contributed by atoms with van der Waals surface area (Å²) < 4.78 is 11.8. The van der Waals surface area contributed by atoms with Crippen molar-refractivity contribution in [3.8, 4) is 5.75 Å². The molecule has 2 heterocycles. The Morgan fingerprint density at radius 2 is 2.03 bits per heavy atom. The molecule has 0 N–H and O–H groups in total. The number of hydrogen-bond donors (Lipinski definition) is 0. The fraction of sp³-hybridized carbons (Fsp3) is 0.333. The molecule has 1 saturated heterocycles. The lowest BCUT2D eigenvalue weighted by molar-refractivity contribution is -0.114. The SMILES string of the molecule is COc1ccc2nc(N(CCCN3CCOCC3)C(=O)/C=C/c3ccccc3)sc2c1. The first-order valence-electron chi connectivity index (χ1n) is 10.5. The zero-order valence-corrected chi connectivity index (χ0v) is 18.5. The van der Waals surface area contributed by atoms with Crippen molar-refractivity contribution >= 4 is 38.7 Å². The van der Waals surface area contributed by atoms with Gasteiger partial charge in [0.1, 0.15) is 5.75 Å². The van der Waals surface area contributed by atoms with E-state index in [9.17, 15) is 4.79 Å². The van der Waals surface area contributed by atoms with Crippen LogP contribution in [0.25, 0.3) is 16.3 Å². The molecular weight excluding hydrogens is 410 g/mol. The summed E-state index contributed by atoms with van der Waals surface area (Å²) in [6.07, 6.45) is 4.37. The third kappa shape index (κ3) is 5.70. The molecule has 3 aromatic rings. The topological polar surface area (TPSA) is 54.9 Å². The van der Waals surface area contributed by atoms with Gasteiger partial charge in [-0.05, 0) is 36.3 Å². The Morgan fingerprint density at radius 1 is 1.23 bits per heavy atom. The lowest BCUT2D eigenvalue weighted by atomic mass is 10.2. The van der Waals surface area contributed by atoms with Crippen LogP contribution in [-0.4, -0.2) is 62.3 Å². The average molecular weight is 438 g/mol. The van der Waals surface area contributed by atoms with Gasteiger partial charge in [-0.1, -0.05) is 41.7 Å². The summed E-state index contributed by atoms with van der Waals surface area (Å²) >= 11 is 1.52. The zero-order valence-electron chi connectivity index (χ0n) is 17.7. The van der Waals surface area contributed by atoms with Gasteiger partial charge in [-0.3, -0.25) is 14.6 Å². The number of carbonyl (C=O) groups excluding carboxylic acids is 1. The van der Waals surface area contributed by atoms with Crippen LogP contribution in [0.3, 0.4) is 0 Å².